The van der Waals surface area contributed by atoms with Crippen LogP contribution in [0.25, 0.3) is 0 Å². The van der Waals surface area contributed by atoms with Gasteiger partial charge >= 0.3 is 5.97 Å². The van der Waals surface area contributed by atoms with Crippen molar-refractivity contribution in [2.24, 2.45) is 11.3 Å². The molecule has 1 atom stereocenters. The Bertz CT molecular complexity index is 587. The Kier molecular flexibility index (Phi) is 4.38. The SMILES string of the molecule is CC(C)(C)C(C(=O)O)C(O)(c1ccccc1)c1ccccc1. The van der Waals surface area contributed by atoms with Crippen molar-refractivity contribution in [3.63, 3.8) is 0 Å². The summed E-state index contributed by atoms with van der Waals surface area (Å²) in [6, 6.07) is 18.0. The van der Waals surface area contributed by atoms with Crippen molar-refractivity contribution in [2.45, 2.75) is 26.4 Å². The molecule has 0 aliphatic carbocycles. The molecule has 3 nitrogen and oxygen atoms in total. The second-order valence-electron chi connectivity index (χ2n) is 6.64. The van der Waals surface area contributed by atoms with Crippen molar-refractivity contribution >= 4 is 5.97 Å². The Balaban J connectivity index is 2.73. The molecule has 0 fully saturated rings. The summed E-state index contributed by atoms with van der Waals surface area (Å²) in [5.74, 6) is -1.99. The number of carboxylic acid groups (broad SMARTS) is 1. The van der Waals surface area contributed by atoms with Crippen LogP contribution in [0.4, 0.5) is 0 Å². The molecule has 0 aliphatic heterocycles. The van der Waals surface area contributed by atoms with Gasteiger partial charge in [-0.1, -0.05) is 81.4 Å². The summed E-state index contributed by atoms with van der Waals surface area (Å²) >= 11 is 0. The molecule has 2 rings (SSSR count). The van der Waals surface area contributed by atoms with Crippen LogP contribution in [0.5, 0.6) is 0 Å². The number of rotatable bonds is 4. The van der Waals surface area contributed by atoms with E-state index >= 15 is 0 Å². The molecule has 0 radical (unpaired) electrons. The van der Waals surface area contributed by atoms with Gasteiger partial charge in [-0.25, -0.2) is 0 Å². The van der Waals surface area contributed by atoms with Gasteiger partial charge < -0.3 is 10.2 Å². The van der Waals surface area contributed by atoms with Crippen molar-refractivity contribution in [3.05, 3.63) is 71.8 Å². The summed E-state index contributed by atoms with van der Waals surface area (Å²) in [5.41, 5.74) is -1.04. The van der Waals surface area contributed by atoms with E-state index in [4.69, 9.17) is 0 Å². The lowest BCUT2D eigenvalue weighted by atomic mass is 9.65. The van der Waals surface area contributed by atoms with Crippen molar-refractivity contribution in [2.75, 3.05) is 0 Å². The van der Waals surface area contributed by atoms with Crippen LogP contribution in [0.15, 0.2) is 60.7 Å². The minimum atomic E-state index is -1.59. The second-order valence-corrected chi connectivity index (χ2v) is 6.64. The van der Waals surface area contributed by atoms with Crippen LogP contribution in [-0.4, -0.2) is 16.2 Å². The van der Waals surface area contributed by atoms with Crippen LogP contribution >= 0.6 is 0 Å². The van der Waals surface area contributed by atoms with Gasteiger partial charge in [0.05, 0.1) is 5.92 Å². The molecule has 0 spiro atoms. The maximum Gasteiger partial charge on any atom is 0.310 e. The highest BCUT2D eigenvalue weighted by Gasteiger charge is 2.50. The molecule has 2 aromatic rings. The normalized spacial score (nSPS) is 13.6. The lowest BCUT2D eigenvalue weighted by molar-refractivity contribution is -0.158. The average molecular weight is 298 g/mol. The molecule has 3 heteroatoms. The quantitative estimate of drug-likeness (QED) is 0.905. The number of hydrogen-bond donors (Lipinski definition) is 2. The van der Waals surface area contributed by atoms with E-state index in [-0.39, 0.29) is 0 Å². The van der Waals surface area contributed by atoms with Crippen molar-refractivity contribution in [1.29, 1.82) is 0 Å². The monoisotopic (exact) mass is 298 g/mol. The molecule has 0 heterocycles. The van der Waals surface area contributed by atoms with Gasteiger partial charge in [0.2, 0.25) is 0 Å². The number of carbonyl (C=O) groups is 1. The third-order valence-electron chi connectivity index (χ3n) is 3.96. The maximum atomic E-state index is 12.0. The van der Waals surface area contributed by atoms with Crippen molar-refractivity contribution in [3.8, 4) is 0 Å². The summed E-state index contributed by atoms with van der Waals surface area (Å²) in [7, 11) is 0. The summed E-state index contributed by atoms with van der Waals surface area (Å²) in [4.78, 5) is 12.0. The fraction of sp³-hybridized carbons (Fsp3) is 0.316. The fourth-order valence-electron chi connectivity index (χ4n) is 3.06. The second kappa shape index (κ2) is 5.93. The third kappa shape index (κ3) is 2.90. The zero-order valence-corrected chi connectivity index (χ0v) is 13.2. The first kappa shape index (κ1) is 16.2. The highest BCUT2D eigenvalue weighted by atomic mass is 16.4. The lowest BCUT2D eigenvalue weighted by Crippen LogP contribution is -2.47. The summed E-state index contributed by atoms with van der Waals surface area (Å²) in [6.45, 7) is 5.51. The van der Waals surface area contributed by atoms with E-state index in [0.717, 1.165) is 0 Å². The van der Waals surface area contributed by atoms with Crippen LogP contribution in [0.3, 0.4) is 0 Å². The molecule has 1 unspecified atom stereocenters. The fourth-order valence-corrected chi connectivity index (χ4v) is 3.06. The van der Waals surface area contributed by atoms with Crippen LogP contribution in [-0.2, 0) is 10.4 Å². The van der Waals surface area contributed by atoms with Gasteiger partial charge in [-0.15, -0.1) is 0 Å². The van der Waals surface area contributed by atoms with Crippen LogP contribution in [0, 0.1) is 11.3 Å². The van der Waals surface area contributed by atoms with Crippen LogP contribution in [0.1, 0.15) is 31.9 Å². The maximum absolute atomic E-state index is 12.0. The molecule has 2 aromatic carbocycles. The molecular formula is C19H22O3. The van der Waals surface area contributed by atoms with Gasteiger partial charge in [-0.05, 0) is 16.5 Å². The number of carboxylic acids is 1. The summed E-state index contributed by atoms with van der Waals surface area (Å²) < 4.78 is 0. The van der Waals surface area contributed by atoms with Crippen molar-refractivity contribution < 1.29 is 15.0 Å². The topological polar surface area (TPSA) is 57.5 Å². The Hall–Kier alpha value is -2.13. The Morgan fingerprint density at radius 3 is 1.50 bits per heavy atom. The van der Waals surface area contributed by atoms with E-state index in [1.807, 2.05) is 57.2 Å². The number of hydrogen-bond acceptors (Lipinski definition) is 2. The van der Waals surface area contributed by atoms with Gasteiger partial charge in [0.1, 0.15) is 5.60 Å². The molecule has 0 aromatic heterocycles. The summed E-state index contributed by atoms with van der Waals surface area (Å²) in [6.07, 6.45) is 0. The minimum absolute atomic E-state index is 0.587. The molecular weight excluding hydrogens is 276 g/mol. The number of aliphatic carboxylic acids is 1. The highest BCUT2D eigenvalue weighted by Crippen LogP contribution is 2.45. The lowest BCUT2D eigenvalue weighted by Gasteiger charge is -2.41. The standard InChI is InChI=1S/C19H22O3/c1-18(2,3)16(17(20)21)19(22,14-10-6-4-7-11-14)15-12-8-5-9-13-15/h4-13,16,22H,1-3H3,(H,20,21). The van der Waals surface area contributed by atoms with E-state index in [1.54, 1.807) is 24.3 Å². The van der Waals surface area contributed by atoms with E-state index in [2.05, 4.69) is 0 Å². The number of benzene rings is 2. The Morgan fingerprint density at radius 1 is 0.864 bits per heavy atom. The summed E-state index contributed by atoms with van der Waals surface area (Å²) in [5, 5.41) is 21.3. The Labute approximate surface area is 131 Å². The average Bonchev–Trinajstić information content (AvgIpc) is 2.47. The van der Waals surface area contributed by atoms with E-state index in [0.29, 0.717) is 11.1 Å². The minimum Gasteiger partial charge on any atom is -0.481 e. The van der Waals surface area contributed by atoms with Crippen LogP contribution < -0.4 is 0 Å². The molecule has 0 amide bonds. The smallest absolute Gasteiger partial charge is 0.310 e. The molecule has 0 saturated carbocycles. The Morgan fingerprint density at radius 2 is 1.23 bits per heavy atom. The zero-order valence-electron chi connectivity index (χ0n) is 13.2. The zero-order chi connectivity index (χ0) is 16.4. The first-order valence-electron chi connectivity index (χ1n) is 7.34. The highest BCUT2D eigenvalue weighted by molar-refractivity contribution is 5.74. The molecule has 22 heavy (non-hydrogen) atoms. The largest absolute Gasteiger partial charge is 0.481 e. The van der Waals surface area contributed by atoms with Gasteiger partial charge in [-0.2, -0.15) is 0 Å². The van der Waals surface area contributed by atoms with E-state index in [9.17, 15) is 15.0 Å². The first-order chi connectivity index (χ1) is 10.3. The third-order valence-corrected chi connectivity index (χ3v) is 3.96. The molecule has 0 aliphatic rings. The van der Waals surface area contributed by atoms with Gasteiger partial charge in [0.25, 0.3) is 0 Å². The predicted molar refractivity (Wildman–Crippen MR) is 86.5 cm³/mol. The van der Waals surface area contributed by atoms with Gasteiger partial charge in [0, 0.05) is 0 Å². The van der Waals surface area contributed by atoms with Gasteiger partial charge in [0.15, 0.2) is 0 Å². The van der Waals surface area contributed by atoms with Gasteiger partial charge in [-0.3, -0.25) is 4.79 Å². The number of aliphatic hydroxyl groups is 1. The molecule has 2 N–H and O–H groups in total. The van der Waals surface area contributed by atoms with Crippen LogP contribution in [0.2, 0.25) is 0 Å². The van der Waals surface area contributed by atoms with E-state index < -0.39 is 22.9 Å². The van der Waals surface area contributed by atoms with E-state index in [1.165, 1.54) is 0 Å². The molecule has 0 saturated heterocycles. The van der Waals surface area contributed by atoms with Crippen molar-refractivity contribution in [1.82, 2.24) is 0 Å². The predicted octanol–water partition coefficient (Wildman–Crippen LogP) is 3.67. The molecule has 0 bridgehead atoms. The first-order valence-corrected chi connectivity index (χ1v) is 7.34. The molecule has 116 valence electrons.